The fourth-order valence-electron chi connectivity index (χ4n) is 4.15. The van der Waals surface area contributed by atoms with Gasteiger partial charge in [-0.05, 0) is 31.9 Å². The molecule has 150 valence electrons. The molecular formula is C20H25N3O5. The summed E-state index contributed by atoms with van der Waals surface area (Å²) >= 11 is 0. The van der Waals surface area contributed by atoms with Crippen molar-refractivity contribution in [3.63, 3.8) is 0 Å². The number of oxazole rings is 1. The lowest BCUT2D eigenvalue weighted by Crippen LogP contribution is -2.50. The zero-order valence-corrected chi connectivity index (χ0v) is 16.0. The predicted octanol–water partition coefficient (Wildman–Crippen LogP) is 1.25. The van der Waals surface area contributed by atoms with Gasteiger partial charge in [0.2, 0.25) is 11.8 Å². The van der Waals surface area contributed by atoms with Gasteiger partial charge in [0.05, 0.1) is 24.6 Å². The van der Waals surface area contributed by atoms with E-state index in [1.807, 2.05) is 11.0 Å². The monoisotopic (exact) mass is 387 g/mol. The molecule has 4 rings (SSSR count). The van der Waals surface area contributed by atoms with Crippen LogP contribution in [0.1, 0.15) is 25.8 Å². The number of amides is 2. The Hall–Kier alpha value is -2.61. The molecule has 2 atom stereocenters. The molecule has 0 spiro atoms. The first kappa shape index (κ1) is 18.7. The van der Waals surface area contributed by atoms with Crippen LogP contribution in [0, 0.1) is 5.92 Å². The summed E-state index contributed by atoms with van der Waals surface area (Å²) in [5.74, 6) is -0.798. The van der Waals surface area contributed by atoms with E-state index in [0.717, 1.165) is 12.8 Å². The number of piperidine rings is 1. The molecule has 28 heavy (non-hydrogen) atoms. The van der Waals surface area contributed by atoms with E-state index >= 15 is 0 Å². The highest BCUT2D eigenvalue weighted by Crippen LogP contribution is 2.24. The number of carbonyl (C=O) groups excluding carboxylic acids is 2. The smallest absolute Gasteiger partial charge is 0.408 e. The van der Waals surface area contributed by atoms with E-state index in [9.17, 15) is 14.4 Å². The number of carbonyl (C=O) groups is 2. The summed E-state index contributed by atoms with van der Waals surface area (Å²) < 4.78 is 12.0. The quantitative estimate of drug-likeness (QED) is 0.791. The Balaban J connectivity index is 1.50. The van der Waals surface area contributed by atoms with Crippen molar-refractivity contribution in [1.29, 1.82) is 0 Å². The van der Waals surface area contributed by atoms with Crippen LogP contribution in [0.4, 0.5) is 0 Å². The minimum absolute atomic E-state index is 0.0966. The molecule has 0 saturated carbocycles. The van der Waals surface area contributed by atoms with Gasteiger partial charge in [0.25, 0.3) is 0 Å². The van der Waals surface area contributed by atoms with Crippen molar-refractivity contribution in [2.45, 2.75) is 25.8 Å². The van der Waals surface area contributed by atoms with Gasteiger partial charge in [0.15, 0.2) is 5.58 Å². The third kappa shape index (κ3) is 3.44. The van der Waals surface area contributed by atoms with E-state index in [4.69, 9.17) is 9.15 Å². The topological polar surface area (TPSA) is 85.0 Å². The highest BCUT2D eigenvalue weighted by Gasteiger charge is 2.34. The fraction of sp³-hybridized carbons (Fsp3) is 0.550. The maximum atomic E-state index is 13.1. The number of benzene rings is 1. The second-order valence-corrected chi connectivity index (χ2v) is 7.44. The fourth-order valence-corrected chi connectivity index (χ4v) is 4.15. The van der Waals surface area contributed by atoms with Gasteiger partial charge >= 0.3 is 5.76 Å². The number of morpholine rings is 1. The number of likely N-dealkylation sites (tertiary alicyclic amines) is 1. The number of ether oxygens (including phenoxy) is 1. The molecule has 2 saturated heterocycles. The van der Waals surface area contributed by atoms with Gasteiger partial charge in [-0.25, -0.2) is 4.79 Å². The van der Waals surface area contributed by atoms with Crippen molar-refractivity contribution in [3.05, 3.63) is 34.8 Å². The summed E-state index contributed by atoms with van der Waals surface area (Å²) in [5, 5.41) is 0. The summed E-state index contributed by atoms with van der Waals surface area (Å²) in [6.45, 7) is 5.04. The Morgan fingerprint density at radius 2 is 1.86 bits per heavy atom. The van der Waals surface area contributed by atoms with Crippen LogP contribution >= 0.6 is 0 Å². The number of hydrogen-bond acceptors (Lipinski definition) is 5. The highest BCUT2D eigenvalue weighted by molar-refractivity contribution is 5.84. The number of fused-ring (bicyclic) bond motifs is 1. The third-order valence-corrected chi connectivity index (χ3v) is 5.67. The zero-order chi connectivity index (χ0) is 19.7. The number of para-hydroxylation sites is 2. The summed E-state index contributed by atoms with van der Waals surface area (Å²) in [6, 6.07) is 6.39. The lowest BCUT2D eigenvalue weighted by molar-refractivity contribution is -0.144. The van der Waals surface area contributed by atoms with Crippen molar-refractivity contribution in [3.8, 4) is 0 Å². The molecule has 2 aliphatic heterocycles. The molecule has 2 aliphatic rings. The van der Waals surface area contributed by atoms with E-state index in [1.165, 1.54) is 4.57 Å². The van der Waals surface area contributed by atoms with Crippen molar-refractivity contribution < 1.29 is 18.7 Å². The van der Waals surface area contributed by atoms with Crippen molar-refractivity contribution in [2.75, 3.05) is 39.4 Å². The van der Waals surface area contributed by atoms with E-state index in [2.05, 4.69) is 0 Å². The summed E-state index contributed by atoms with van der Waals surface area (Å²) in [6.07, 6.45) is 1.56. The summed E-state index contributed by atoms with van der Waals surface area (Å²) in [5.41, 5.74) is 1.07. The number of hydrogen-bond donors (Lipinski definition) is 0. The Morgan fingerprint density at radius 1 is 1.11 bits per heavy atom. The van der Waals surface area contributed by atoms with Crippen LogP contribution in [-0.2, 0) is 14.3 Å². The molecule has 0 N–H and O–H groups in total. The molecule has 2 fully saturated rings. The minimum atomic E-state index is -0.687. The van der Waals surface area contributed by atoms with Crippen LogP contribution < -0.4 is 5.76 Å². The Kier molecular flexibility index (Phi) is 5.21. The Labute approximate surface area is 162 Å². The molecule has 8 nitrogen and oxygen atoms in total. The van der Waals surface area contributed by atoms with Crippen LogP contribution in [-0.4, -0.2) is 65.6 Å². The largest absolute Gasteiger partial charge is 0.420 e. The first-order valence-corrected chi connectivity index (χ1v) is 9.81. The molecular weight excluding hydrogens is 362 g/mol. The average molecular weight is 387 g/mol. The Morgan fingerprint density at radius 3 is 2.64 bits per heavy atom. The van der Waals surface area contributed by atoms with Gasteiger partial charge in [-0.1, -0.05) is 12.1 Å². The molecule has 1 aromatic heterocycles. The zero-order valence-electron chi connectivity index (χ0n) is 16.0. The van der Waals surface area contributed by atoms with Gasteiger partial charge in [0.1, 0.15) is 6.04 Å². The van der Waals surface area contributed by atoms with Crippen LogP contribution in [0.15, 0.2) is 33.5 Å². The maximum absolute atomic E-state index is 13.1. The predicted molar refractivity (Wildman–Crippen MR) is 102 cm³/mol. The van der Waals surface area contributed by atoms with E-state index in [0.29, 0.717) is 50.5 Å². The van der Waals surface area contributed by atoms with E-state index in [-0.39, 0.29) is 17.7 Å². The first-order chi connectivity index (χ1) is 13.6. The van der Waals surface area contributed by atoms with Crippen LogP contribution in [0.25, 0.3) is 11.1 Å². The van der Waals surface area contributed by atoms with Crippen molar-refractivity contribution in [1.82, 2.24) is 14.4 Å². The maximum Gasteiger partial charge on any atom is 0.420 e. The van der Waals surface area contributed by atoms with Gasteiger partial charge in [0, 0.05) is 26.2 Å². The summed E-state index contributed by atoms with van der Waals surface area (Å²) in [4.78, 5) is 41.8. The van der Waals surface area contributed by atoms with Gasteiger partial charge in [-0.2, -0.15) is 0 Å². The number of aromatic nitrogens is 1. The van der Waals surface area contributed by atoms with Crippen molar-refractivity contribution in [2.24, 2.45) is 5.92 Å². The van der Waals surface area contributed by atoms with Gasteiger partial charge in [-0.15, -0.1) is 0 Å². The molecule has 8 heteroatoms. The SMILES string of the molecule is CC(C(=O)N1CCCC(C(=O)N2CCOCC2)C1)n1c(=O)oc2ccccc21. The van der Waals surface area contributed by atoms with Crippen LogP contribution in [0.5, 0.6) is 0 Å². The van der Waals surface area contributed by atoms with Gasteiger partial charge < -0.3 is 19.0 Å². The van der Waals surface area contributed by atoms with Crippen molar-refractivity contribution >= 4 is 22.9 Å². The third-order valence-electron chi connectivity index (χ3n) is 5.67. The average Bonchev–Trinajstić information content (AvgIpc) is 3.08. The summed E-state index contributed by atoms with van der Waals surface area (Å²) in [7, 11) is 0. The lowest BCUT2D eigenvalue weighted by Gasteiger charge is -2.37. The minimum Gasteiger partial charge on any atom is -0.408 e. The molecule has 3 heterocycles. The standard InChI is InChI=1S/C20H25N3O5/c1-14(23-16-6-2-3-7-17(16)28-20(23)26)18(24)22-8-4-5-15(13-22)19(25)21-9-11-27-12-10-21/h2-3,6-7,14-15H,4-5,8-13H2,1H3. The van der Waals surface area contributed by atoms with Crippen LogP contribution in [0.2, 0.25) is 0 Å². The van der Waals surface area contributed by atoms with Gasteiger partial charge in [-0.3, -0.25) is 14.2 Å². The molecule has 0 radical (unpaired) electrons. The first-order valence-electron chi connectivity index (χ1n) is 9.81. The van der Waals surface area contributed by atoms with Crippen LogP contribution in [0.3, 0.4) is 0 Å². The van der Waals surface area contributed by atoms with E-state index < -0.39 is 11.8 Å². The number of nitrogens with zero attached hydrogens (tertiary/aromatic N) is 3. The molecule has 2 amide bonds. The second kappa shape index (κ2) is 7.79. The molecule has 0 bridgehead atoms. The molecule has 1 aromatic carbocycles. The molecule has 2 unspecified atom stereocenters. The second-order valence-electron chi connectivity index (χ2n) is 7.44. The highest BCUT2D eigenvalue weighted by atomic mass is 16.5. The Bertz CT molecular complexity index is 927. The normalized spacial score (nSPS) is 21.7. The number of rotatable bonds is 3. The molecule has 2 aromatic rings. The lowest BCUT2D eigenvalue weighted by atomic mass is 9.95. The molecule has 0 aliphatic carbocycles. The van der Waals surface area contributed by atoms with E-state index in [1.54, 1.807) is 30.0 Å².